The number of unbranched alkanes of at least 4 members (excludes halogenated alkanes) is 2. The minimum absolute atomic E-state index is 0.0514. The van der Waals surface area contributed by atoms with E-state index in [1.165, 1.54) is 7.11 Å². The molecule has 2 saturated heterocycles. The van der Waals surface area contributed by atoms with Gasteiger partial charge in [0.05, 0.1) is 78.5 Å². The van der Waals surface area contributed by atoms with Gasteiger partial charge in [-0.2, -0.15) is 11.8 Å². The van der Waals surface area contributed by atoms with Gasteiger partial charge in [0.2, 0.25) is 5.91 Å². The first-order valence-corrected chi connectivity index (χ1v) is 14.9. The van der Waals surface area contributed by atoms with Crippen LogP contribution in [0.1, 0.15) is 51.9 Å². The molecule has 2 aliphatic heterocycles. The maximum atomic E-state index is 12.3. The zero-order chi connectivity index (χ0) is 27.4. The SMILES string of the molecule is CCCCN1C(=O)NC2CSC(CCCCC(=O)NCCOCCOCCOCCOCCC(=O)OC)C21. The number of hydrogen-bond acceptors (Lipinski definition) is 9. The highest BCUT2D eigenvalue weighted by atomic mass is 32.2. The van der Waals surface area contributed by atoms with Crippen LogP contribution in [0.3, 0.4) is 0 Å². The molecule has 0 radical (unpaired) electrons. The van der Waals surface area contributed by atoms with Crippen molar-refractivity contribution in [2.24, 2.45) is 0 Å². The molecule has 2 aliphatic rings. The van der Waals surface area contributed by atoms with Gasteiger partial charge in [0.25, 0.3) is 0 Å². The van der Waals surface area contributed by atoms with Crippen LogP contribution in [-0.2, 0) is 33.3 Å². The molecule has 0 aliphatic carbocycles. The molecule has 12 heteroatoms. The van der Waals surface area contributed by atoms with Gasteiger partial charge in [-0.05, 0) is 19.3 Å². The minimum atomic E-state index is -0.289. The number of hydrogen-bond donors (Lipinski definition) is 2. The van der Waals surface area contributed by atoms with Gasteiger partial charge in [-0.25, -0.2) is 4.79 Å². The molecule has 0 aromatic heterocycles. The highest BCUT2D eigenvalue weighted by Gasteiger charge is 2.47. The molecule has 3 amide bonds. The second-order valence-electron chi connectivity index (χ2n) is 9.34. The molecule has 2 N–H and O–H groups in total. The van der Waals surface area contributed by atoms with Crippen LogP contribution >= 0.6 is 11.8 Å². The number of carbonyl (C=O) groups excluding carboxylic acids is 3. The Morgan fingerprint density at radius 3 is 2.26 bits per heavy atom. The maximum Gasteiger partial charge on any atom is 0.318 e. The number of carbonyl (C=O) groups is 3. The van der Waals surface area contributed by atoms with Gasteiger partial charge in [0.1, 0.15) is 0 Å². The smallest absolute Gasteiger partial charge is 0.318 e. The molecular weight excluding hydrogens is 514 g/mol. The fourth-order valence-corrected chi connectivity index (χ4v) is 6.04. The van der Waals surface area contributed by atoms with Crippen molar-refractivity contribution in [3.63, 3.8) is 0 Å². The molecule has 3 atom stereocenters. The monoisotopic (exact) mass is 561 g/mol. The van der Waals surface area contributed by atoms with Crippen LogP contribution in [0.2, 0.25) is 0 Å². The maximum absolute atomic E-state index is 12.3. The standard InChI is InChI=1S/C26H47N3O8S/c1-3-4-11-29-25-21(28-26(29)32)20-38-22(25)7-5-6-8-23(30)27-10-13-35-15-17-37-19-18-36-16-14-34-12-9-24(31)33-2/h21-22,25H,3-20H2,1-2H3,(H,27,30)(H,28,32). The Bertz CT molecular complexity index is 687. The van der Waals surface area contributed by atoms with Crippen LogP contribution in [0.15, 0.2) is 0 Å². The van der Waals surface area contributed by atoms with Crippen molar-refractivity contribution in [1.29, 1.82) is 0 Å². The molecule has 220 valence electrons. The van der Waals surface area contributed by atoms with Gasteiger partial charge >= 0.3 is 12.0 Å². The molecular formula is C26H47N3O8S. The largest absolute Gasteiger partial charge is 0.469 e. The van der Waals surface area contributed by atoms with Crippen molar-refractivity contribution in [3.05, 3.63) is 0 Å². The molecule has 38 heavy (non-hydrogen) atoms. The Hall–Kier alpha value is -1.60. The fraction of sp³-hybridized carbons (Fsp3) is 0.885. The Morgan fingerprint density at radius 2 is 1.61 bits per heavy atom. The number of thioether (sulfide) groups is 1. The Kier molecular flexibility index (Phi) is 17.4. The first-order chi connectivity index (χ1) is 18.6. The molecule has 2 heterocycles. The van der Waals surface area contributed by atoms with E-state index in [4.69, 9.17) is 18.9 Å². The van der Waals surface area contributed by atoms with E-state index in [1.54, 1.807) is 0 Å². The summed E-state index contributed by atoms with van der Waals surface area (Å²) in [6.07, 6.45) is 5.76. The summed E-state index contributed by atoms with van der Waals surface area (Å²) in [5.74, 6) is 0.748. The molecule has 0 aromatic rings. The normalized spacial score (nSPS) is 20.4. The number of urea groups is 1. The molecule has 0 saturated carbocycles. The average molecular weight is 562 g/mol. The quantitative estimate of drug-likeness (QED) is 0.109. The predicted molar refractivity (Wildman–Crippen MR) is 145 cm³/mol. The van der Waals surface area contributed by atoms with Crippen molar-refractivity contribution < 1.29 is 38.1 Å². The van der Waals surface area contributed by atoms with Crippen molar-refractivity contribution in [3.8, 4) is 0 Å². The lowest BCUT2D eigenvalue weighted by molar-refractivity contribution is -0.142. The average Bonchev–Trinajstić information content (AvgIpc) is 3.45. The number of rotatable bonds is 23. The third-order valence-electron chi connectivity index (χ3n) is 6.47. The second kappa shape index (κ2) is 20.3. The third-order valence-corrected chi connectivity index (χ3v) is 7.96. The summed E-state index contributed by atoms with van der Waals surface area (Å²) in [4.78, 5) is 37.3. The summed E-state index contributed by atoms with van der Waals surface area (Å²) < 4.78 is 26.1. The number of amides is 3. The second-order valence-corrected chi connectivity index (χ2v) is 10.6. The van der Waals surface area contributed by atoms with E-state index in [9.17, 15) is 14.4 Å². The minimum Gasteiger partial charge on any atom is -0.469 e. The van der Waals surface area contributed by atoms with E-state index < -0.39 is 0 Å². The van der Waals surface area contributed by atoms with Gasteiger partial charge in [0, 0.05) is 30.5 Å². The van der Waals surface area contributed by atoms with Crippen molar-refractivity contribution in [2.75, 3.05) is 78.8 Å². The van der Waals surface area contributed by atoms with Crippen LogP contribution in [0.25, 0.3) is 0 Å². The van der Waals surface area contributed by atoms with Gasteiger partial charge in [0.15, 0.2) is 0 Å². The van der Waals surface area contributed by atoms with Crippen molar-refractivity contribution >= 4 is 29.7 Å². The number of methoxy groups -OCH3 is 1. The summed E-state index contributed by atoms with van der Waals surface area (Å²) >= 11 is 1.96. The van der Waals surface area contributed by atoms with Crippen LogP contribution < -0.4 is 10.6 Å². The highest BCUT2D eigenvalue weighted by Crippen LogP contribution is 2.37. The number of fused-ring (bicyclic) bond motifs is 1. The van der Waals surface area contributed by atoms with Gasteiger partial charge < -0.3 is 39.2 Å². The van der Waals surface area contributed by atoms with Crippen molar-refractivity contribution in [1.82, 2.24) is 15.5 Å². The zero-order valence-electron chi connectivity index (χ0n) is 23.1. The lowest BCUT2D eigenvalue weighted by Crippen LogP contribution is -2.41. The number of ether oxygens (including phenoxy) is 5. The first kappa shape index (κ1) is 32.6. The van der Waals surface area contributed by atoms with Crippen molar-refractivity contribution in [2.45, 2.75) is 69.2 Å². The van der Waals surface area contributed by atoms with E-state index in [2.05, 4.69) is 22.3 Å². The summed E-state index contributed by atoms with van der Waals surface area (Å²) in [5.41, 5.74) is 0. The van der Waals surface area contributed by atoms with E-state index in [1.807, 2.05) is 16.7 Å². The first-order valence-electron chi connectivity index (χ1n) is 13.9. The molecule has 11 nitrogen and oxygen atoms in total. The number of nitrogens with one attached hydrogen (secondary N) is 2. The zero-order valence-corrected chi connectivity index (χ0v) is 23.9. The molecule has 2 rings (SSSR count). The molecule has 2 fully saturated rings. The summed E-state index contributed by atoms with van der Waals surface area (Å²) in [5, 5.41) is 6.50. The van der Waals surface area contributed by atoms with Gasteiger partial charge in [-0.1, -0.05) is 19.8 Å². The predicted octanol–water partition coefficient (Wildman–Crippen LogP) is 1.97. The van der Waals surface area contributed by atoms with Crippen LogP contribution in [0, 0.1) is 0 Å². The molecule has 0 aromatic carbocycles. The van der Waals surface area contributed by atoms with Gasteiger partial charge in [-0.3, -0.25) is 9.59 Å². The lowest BCUT2D eigenvalue weighted by atomic mass is 10.0. The van der Waals surface area contributed by atoms with E-state index in [0.29, 0.717) is 77.1 Å². The van der Waals surface area contributed by atoms with Crippen LogP contribution in [-0.4, -0.2) is 119 Å². The Morgan fingerprint density at radius 1 is 0.947 bits per heavy atom. The summed E-state index contributed by atoms with van der Waals surface area (Å²) in [6.45, 7) is 6.96. The van der Waals surface area contributed by atoms with Crippen LogP contribution in [0.5, 0.6) is 0 Å². The fourth-order valence-electron chi connectivity index (χ4n) is 4.44. The molecule has 3 unspecified atom stereocenters. The summed E-state index contributed by atoms with van der Waals surface area (Å²) in [6, 6.07) is 0.660. The van der Waals surface area contributed by atoms with E-state index in [0.717, 1.165) is 44.4 Å². The van der Waals surface area contributed by atoms with E-state index >= 15 is 0 Å². The third kappa shape index (κ3) is 13.0. The number of esters is 1. The van der Waals surface area contributed by atoms with E-state index in [-0.39, 0.29) is 30.4 Å². The topological polar surface area (TPSA) is 125 Å². The number of nitrogens with zero attached hydrogens (tertiary/aromatic N) is 1. The van der Waals surface area contributed by atoms with Crippen LogP contribution in [0.4, 0.5) is 4.79 Å². The summed E-state index contributed by atoms with van der Waals surface area (Å²) in [7, 11) is 1.35. The Labute approximate surface area is 231 Å². The molecule has 0 bridgehead atoms. The van der Waals surface area contributed by atoms with Gasteiger partial charge in [-0.15, -0.1) is 0 Å². The lowest BCUT2D eigenvalue weighted by Gasteiger charge is -2.27. The Balaban J connectivity index is 1.35. The molecule has 0 spiro atoms. The highest BCUT2D eigenvalue weighted by molar-refractivity contribution is 8.00.